The van der Waals surface area contributed by atoms with Gasteiger partial charge in [-0.1, -0.05) is 20.4 Å². The van der Waals surface area contributed by atoms with Gasteiger partial charge in [0.25, 0.3) is 0 Å². The highest BCUT2D eigenvalue weighted by Crippen LogP contribution is 2.63. The van der Waals surface area contributed by atoms with Crippen molar-refractivity contribution in [1.29, 1.82) is 0 Å². The summed E-state index contributed by atoms with van der Waals surface area (Å²) < 4.78 is 5.63. The van der Waals surface area contributed by atoms with Gasteiger partial charge in [-0.3, -0.25) is 0 Å². The van der Waals surface area contributed by atoms with Crippen LogP contribution >= 0.6 is 0 Å². The molecule has 0 aromatic rings. The van der Waals surface area contributed by atoms with Crippen LogP contribution < -0.4 is 0 Å². The monoisotopic (exact) mass is 236 g/mol. The zero-order valence-electron chi connectivity index (χ0n) is 11.0. The first-order chi connectivity index (χ1) is 8.01. The Kier molecular flexibility index (Phi) is 2.64. The lowest BCUT2D eigenvalue weighted by molar-refractivity contribution is -0.122. The lowest BCUT2D eigenvalue weighted by Crippen LogP contribution is -2.40. The predicted molar refractivity (Wildman–Crippen MR) is 67.6 cm³/mol. The van der Waals surface area contributed by atoms with Crippen LogP contribution in [0.1, 0.15) is 39.5 Å². The van der Waals surface area contributed by atoms with E-state index >= 15 is 0 Å². The van der Waals surface area contributed by atoms with Gasteiger partial charge in [0.1, 0.15) is 0 Å². The molecule has 0 radical (unpaired) electrons. The molecule has 2 aliphatic carbocycles. The van der Waals surface area contributed by atoms with E-state index in [9.17, 15) is 5.11 Å². The van der Waals surface area contributed by atoms with E-state index in [1.165, 1.54) is 12.8 Å². The molecular formula is C15H24O2. The molecule has 1 heterocycles. The molecule has 0 aromatic heterocycles. The van der Waals surface area contributed by atoms with Crippen LogP contribution in [-0.4, -0.2) is 23.9 Å². The number of hydrogen-bond acceptors (Lipinski definition) is 2. The summed E-state index contributed by atoms with van der Waals surface area (Å²) in [6.07, 6.45) is 4.69. The van der Waals surface area contributed by atoms with Gasteiger partial charge in [-0.15, -0.1) is 0 Å². The van der Waals surface area contributed by atoms with Crippen LogP contribution in [0.3, 0.4) is 0 Å². The first-order valence-electron chi connectivity index (χ1n) is 6.99. The third kappa shape index (κ3) is 1.77. The van der Waals surface area contributed by atoms with E-state index in [-0.39, 0.29) is 6.10 Å². The maximum atomic E-state index is 10.4. The van der Waals surface area contributed by atoms with Gasteiger partial charge >= 0.3 is 0 Å². The molecule has 2 saturated carbocycles. The zero-order valence-corrected chi connectivity index (χ0v) is 11.0. The van der Waals surface area contributed by atoms with Crippen molar-refractivity contribution >= 4 is 0 Å². The first-order valence-corrected chi connectivity index (χ1v) is 6.99. The minimum Gasteiger partial charge on any atom is -0.388 e. The van der Waals surface area contributed by atoms with Crippen molar-refractivity contribution < 1.29 is 9.84 Å². The summed E-state index contributed by atoms with van der Waals surface area (Å²) in [5.41, 5.74) is 1.34. The summed E-state index contributed by atoms with van der Waals surface area (Å²) in [6, 6.07) is 0. The fourth-order valence-electron chi connectivity index (χ4n) is 4.04. The Bertz CT molecular complexity index is 334. The van der Waals surface area contributed by atoms with Gasteiger partial charge < -0.3 is 9.84 Å². The standard InChI is InChI=1S/C15H24O2/c1-9-4-7-12-10(8-17-12)5-6-11-13(14(9)16)15(11,2)3/h10-14,16H,1,4-8H2,2-3H3. The second kappa shape index (κ2) is 3.83. The quantitative estimate of drug-likeness (QED) is 0.655. The highest BCUT2D eigenvalue weighted by molar-refractivity contribution is 5.18. The minimum atomic E-state index is -0.286. The Balaban J connectivity index is 1.75. The SMILES string of the molecule is C=C1CCC2OCC2CCC2C(C1O)C2(C)C. The summed E-state index contributed by atoms with van der Waals surface area (Å²) >= 11 is 0. The van der Waals surface area contributed by atoms with E-state index in [1.54, 1.807) is 0 Å². The molecule has 0 bridgehead atoms. The van der Waals surface area contributed by atoms with Crippen LogP contribution in [0.15, 0.2) is 12.2 Å². The first kappa shape index (κ1) is 11.7. The van der Waals surface area contributed by atoms with Gasteiger partial charge in [-0.25, -0.2) is 0 Å². The molecular weight excluding hydrogens is 212 g/mol. The number of aliphatic hydroxyl groups excluding tert-OH is 1. The molecule has 3 rings (SSSR count). The highest BCUT2D eigenvalue weighted by atomic mass is 16.5. The van der Waals surface area contributed by atoms with Crippen molar-refractivity contribution in [3.05, 3.63) is 12.2 Å². The second-order valence-corrected chi connectivity index (χ2v) is 6.80. The number of ether oxygens (including phenoxy) is 1. The molecule has 96 valence electrons. The van der Waals surface area contributed by atoms with Crippen LogP contribution in [0, 0.1) is 23.2 Å². The number of aliphatic hydroxyl groups is 1. The molecule has 1 saturated heterocycles. The Morgan fingerprint density at radius 1 is 1.29 bits per heavy atom. The molecule has 1 aliphatic heterocycles. The largest absolute Gasteiger partial charge is 0.388 e. The Labute approximate surface area is 104 Å². The van der Waals surface area contributed by atoms with E-state index in [2.05, 4.69) is 20.4 Å². The van der Waals surface area contributed by atoms with Crippen molar-refractivity contribution in [2.75, 3.05) is 6.61 Å². The lowest BCUT2D eigenvalue weighted by atomic mass is 9.85. The summed E-state index contributed by atoms with van der Waals surface area (Å²) in [5.74, 6) is 1.91. The lowest BCUT2D eigenvalue weighted by Gasteiger charge is -2.38. The molecule has 0 aromatic carbocycles. The fourth-order valence-corrected chi connectivity index (χ4v) is 4.04. The summed E-state index contributed by atoms with van der Waals surface area (Å²) in [4.78, 5) is 0. The Morgan fingerprint density at radius 3 is 2.71 bits per heavy atom. The van der Waals surface area contributed by atoms with E-state index < -0.39 is 0 Å². The number of rotatable bonds is 0. The Morgan fingerprint density at radius 2 is 2.06 bits per heavy atom. The molecule has 2 nitrogen and oxygen atoms in total. The van der Waals surface area contributed by atoms with E-state index in [4.69, 9.17) is 4.74 Å². The summed E-state index contributed by atoms with van der Waals surface area (Å²) in [7, 11) is 0. The average Bonchev–Trinajstić information content (AvgIpc) is 2.77. The molecule has 3 fully saturated rings. The van der Waals surface area contributed by atoms with Crippen molar-refractivity contribution in [3.63, 3.8) is 0 Å². The highest BCUT2D eigenvalue weighted by Gasteiger charge is 2.60. The van der Waals surface area contributed by atoms with Crippen LogP contribution in [0.5, 0.6) is 0 Å². The predicted octanol–water partition coefficient (Wildman–Crippen LogP) is 2.76. The third-order valence-corrected chi connectivity index (χ3v) is 5.55. The number of hydrogen-bond donors (Lipinski definition) is 1. The van der Waals surface area contributed by atoms with Gasteiger partial charge in [0.15, 0.2) is 0 Å². The second-order valence-electron chi connectivity index (χ2n) is 6.80. The van der Waals surface area contributed by atoms with Gasteiger partial charge in [0, 0.05) is 5.92 Å². The van der Waals surface area contributed by atoms with Crippen LogP contribution in [0.4, 0.5) is 0 Å². The third-order valence-electron chi connectivity index (χ3n) is 5.55. The van der Waals surface area contributed by atoms with Crippen molar-refractivity contribution in [1.82, 2.24) is 0 Å². The topological polar surface area (TPSA) is 29.5 Å². The van der Waals surface area contributed by atoms with E-state index in [1.807, 2.05) is 0 Å². The van der Waals surface area contributed by atoms with Crippen molar-refractivity contribution in [2.45, 2.75) is 51.7 Å². The normalized spacial score (nSPS) is 48.6. The van der Waals surface area contributed by atoms with Gasteiger partial charge in [-0.05, 0) is 48.5 Å². The smallest absolute Gasteiger partial charge is 0.0783 e. The molecule has 0 amide bonds. The molecule has 17 heavy (non-hydrogen) atoms. The maximum Gasteiger partial charge on any atom is 0.0783 e. The molecule has 5 unspecified atom stereocenters. The molecule has 5 atom stereocenters. The van der Waals surface area contributed by atoms with Gasteiger partial charge in [-0.2, -0.15) is 0 Å². The van der Waals surface area contributed by atoms with Gasteiger partial charge in [0.05, 0.1) is 18.8 Å². The van der Waals surface area contributed by atoms with Crippen molar-refractivity contribution in [2.24, 2.45) is 23.2 Å². The van der Waals surface area contributed by atoms with Crippen LogP contribution in [-0.2, 0) is 4.74 Å². The maximum absolute atomic E-state index is 10.4. The molecule has 3 aliphatic rings. The van der Waals surface area contributed by atoms with E-state index in [0.29, 0.717) is 23.4 Å². The number of fused-ring (bicyclic) bond motifs is 2. The average molecular weight is 236 g/mol. The minimum absolute atomic E-state index is 0.286. The van der Waals surface area contributed by atoms with Crippen LogP contribution in [0.25, 0.3) is 0 Å². The van der Waals surface area contributed by atoms with Crippen molar-refractivity contribution in [3.8, 4) is 0 Å². The fraction of sp³-hybridized carbons (Fsp3) is 0.867. The van der Waals surface area contributed by atoms with Crippen LogP contribution in [0.2, 0.25) is 0 Å². The zero-order chi connectivity index (χ0) is 12.2. The van der Waals surface area contributed by atoms with Gasteiger partial charge in [0.2, 0.25) is 0 Å². The molecule has 2 heteroatoms. The van der Waals surface area contributed by atoms with E-state index in [0.717, 1.165) is 30.9 Å². The molecule has 1 N–H and O–H groups in total. The molecule has 0 spiro atoms. The Hall–Kier alpha value is -0.340. The summed E-state index contributed by atoms with van der Waals surface area (Å²) in [5, 5.41) is 10.4. The summed E-state index contributed by atoms with van der Waals surface area (Å²) in [6.45, 7) is 9.64.